The number of fused-ring (bicyclic) bond motifs is 1. The van der Waals surface area contributed by atoms with Gasteiger partial charge in [0.15, 0.2) is 0 Å². The average Bonchev–Trinajstić information content (AvgIpc) is 2.47. The predicted octanol–water partition coefficient (Wildman–Crippen LogP) is 3.43. The Morgan fingerprint density at radius 3 is 2.65 bits per heavy atom. The van der Waals surface area contributed by atoms with Gasteiger partial charge in [-0.25, -0.2) is 0 Å². The van der Waals surface area contributed by atoms with Crippen molar-refractivity contribution in [2.45, 2.75) is 25.0 Å². The highest BCUT2D eigenvalue weighted by atomic mass is 35.5. The summed E-state index contributed by atoms with van der Waals surface area (Å²) in [6.45, 7) is 2.69. The monoisotopic (exact) mass is 287 g/mol. The minimum absolute atomic E-state index is 0.146. The van der Waals surface area contributed by atoms with E-state index in [0.29, 0.717) is 5.02 Å². The van der Waals surface area contributed by atoms with Crippen molar-refractivity contribution in [2.24, 2.45) is 0 Å². The van der Waals surface area contributed by atoms with E-state index in [9.17, 15) is 5.11 Å². The molecule has 2 aromatic carbocycles. The molecule has 0 aromatic heterocycles. The van der Waals surface area contributed by atoms with Crippen LogP contribution in [-0.2, 0) is 12.0 Å². The second-order valence-corrected chi connectivity index (χ2v) is 5.87. The van der Waals surface area contributed by atoms with Crippen molar-refractivity contribution in [2.75, 3.05) is 6.54 Å². The molecule has 2 aromatic rings. The van der Waals surface area contributed by atoms with E-state index >= 15 is 0 Å². The molecule has 20 heavy (non-hydrogen) atoms. The maximum absolute atomic E-state index is 11.1. The molecular weight excluding hydrogens is 270 g/mol. The van der Waals surface area contributed by atoms with Crippen LogP contribution in [0.5, 0.6) is 0 Å². The first kappa shape index (κ1) is 13.6. The summed E-state index contributed by atoms with van der Waals surface area (Å²) in [4.78, 5) is 0. The minimum Gasteiger partial charge on any atom is -0.383 e. The Morgan fingerprint density at radius 2 is 1.85 bits per heavy atom. The van der Waals surface area contributed by atoms with Crippen molar-refractivity contribution in [3.63, 3.8) is 0 Å². The summed E-state index contributed by atoms with van der Waals surface area (Å²) >= 11 is 6.27. The molecule has 0 spiro atoms. The SMILES string of the molecule is CC(O)(c1ccccc1Cl)C1NCCc2ccccc21. The van der Waals surface area contributed by atoms with Gasteiger partial charge in [-0.2, -0.15) is 0 Å². The molecule has 1 heterocycles. The molecule has 0 saturated heterocycles. The average molecular weight is 288 g/mol. The number of hydrogen-bond donors (Lipinski definition) is 2. The summed E-state index contributed by atoms with van der Waals surface area (Å²) in [7, 11) is 0. The topological polar surface area (TPSA) is 32.3 Å². The zero-order valence-corrected chi connectivity index (χ0v) is 12.2. The van der Waals surface area contributed by atoms with Gasteiger partial charge < -0.3 is 10.4 Å². The Kier molecular flexibility index (Phi) is 3.55. The number of rotatable bonds is 2. The molecule has 0 radical (unpaired) electrons. The summed E-state index contributed by atoms with van der Waals surface area (Å²) in [5, 5.41) is 15.1. The van der Waals surface area contributed by atoms with Gasteiger partial charge in [-0.1, -0.05) is 54.1 Å². The van der Waals surface area contributed by atoms with Crippen LogP contribution >= 0.6 is 11.6 Å². The van der Waals surface area contributed by atoms with Crippen molar-refractivity contribution in [3.8, 4) is 0 Å². The molecule has 0 saturated carbocycles. The third kappa shape index (κ3) is 2.24. The zero-order valence-electron chi connectivity index (χ0n) is 11.4. The van der Waals surface area contributed by atoms with Crippen LogP contribution < -0.4 is 5.32 Å². The van der Waals surface area contributed by atoms with Gasteiger partial charge in [-0.15, -0.1) is 0 Å². The van der Waals surface area contributed by atoms with E-state index in [1.165, 1.54) is 5.56 Å². The molecule has 3 heteroatoms. The van der Waals surface area contributed by atoms with Gasteiger partial charge in [-0.05, 0) is 37.1 Å². The first-order chi connectivity index (χ1) is 9.60. The molecule has 2 N–H and O–H groups in total. The second-order valence-electron chi connectivity index (χ2n) is 5.46. The molecule has 0 aliphatic carbocycles. The molecule has 0 fully saturated rings. The van der Waals surface area contributed by atoms with E-state index in [0.717, 1.165) is 24.1 Å². The lowest BCUT2D eigenvalue weighted by Crippen LogP contribution is -2.43. The third-order valence-electron chi connectivity index (χ3n) is 4.09. The Bertz CT molecular complexity index is 624. The Hall–Kier alpha value is -1.35. The van der Waals surface area contributed by atoms with Gasteiger partial charge in [0.1, 0.15) is 5.60 Å². The van der Waals surface area contributed by atoms with Crippen molar-refractivity contribution < 1.29 is 5.11 Å². The highest BCUT2D eigenvalue weighted by Crippen LogP contribution is 2.40. The first-order valence-electron chi connectivity index (χ1n) is 6.89. The fourth-order valence-electron chi connectivity index (χ4n) is 3.03. The fourth-order valence-corrected chi connectivity index (χ4v) is 3.36. The quantitative estimate of drug-likeness (QED) is 0.887. The standard InChI is InChI=1S/C17H18ClNO/c1-17(20,14-8-4-5-9-15(14)18)16-13-7-3-2-6-12(13)10-11-19-16/h2-9,16,19-20H,10-11H2,1H3. The van der Waals surface area contributed by atoms with E-state index in [4.69, 9.17) is 11.6 Å². The maximum atomic E-state index is 11.1. The summed E-state index contributed by atoms with van der Waals surface area (Å²) in [6.07, 6.45) is 0.991. The molecule has 0 bridgehead atoms. The second kappa shape index (κ2) is 5.21. The molecule has 1 aliphatic heterocycles. The fraction of sp³-hybridized carbons (Fsp3) is 0.294. The lowest BCUT2D eigenvalue weighted by Gasteiger charge is -2.38. The lowest BCUT2D eigenvalue weighted by atomic mass is 9.80. The predicted molar refractivity (Wildman–Crippen MR) is 81.9 cm³/mol. The van der Waals surface area contributed by atoms with Crippen LogP contribution in [0.3, 0.4) is 0 Å². The number of halogens is 1. The van der Waals surface area contributed by atoms with E-state index < -0.39 is 5.60 Å². The summed E-state index contributed by atoms with van der Waals surface area (Å²) < 4.78 is 0. The Labute approximate surface area is 124 Å². The number of benzene rings is 2. The molecule has 0 amide bonds. The van der Waals surface area contributed by atoms with Gasteiger partial charge in [-0.3, -0.25) is 0 Å². The van der Waals surface area contributed by atoms with Crippen molar-refractivity contribution in [3.05, 3.63) is 70.2 Å². The highest BCUT2D eigenvalue weighted by molar-refractivity contribution is 6.31. The van der Waals surface area contributed by atoms with Gasteiger partial charge in [0.25, 0.3) is 0 Å². The van der Waals surface area contributed by atoms with Gasteiger partial charge in [0.2, 0.25) is 0 Å². The highest BCUT2D eigenvalue weighted by Gasteiger charge is 2.38. The molecule has 2 atom stereocenters. The Morgan fingerprint density at radius 1 is 1.15 bits per heavy atom. The number of hydrogen-bond acceptors (Lipinski definition) is 2. The zero-order chi connectivity index (χ0) is 14.2. The van der Waals surface area contributed by atoms with Crippen molar-refractivity contribution >= 4 is 11.6 Å². The molecule has 2 nitrogen and oxygen atoms in total. The minimum atomic E-state index is -1.05. The Balaban J connectivity index is 2.07. The van der Waals surface area contributed by atoms with Crippen molar-refractivity contribution in [1.82, 2.24) is 5.32 Å². The third-order valence-corrected chi connectivity index (χ3v) is 4.42. The van der Waals surface area contributed by atoms with Crippen LogP contribution in [-0.4, -0.2) is 11.7 Å². The van der Waals surface area contributed by atoms with Crippen molar-refractivity contribution in [1.29, 1.82) is 0 Å². The normalized spacial score (nSPS) is 21.1. The maximum Gasteiger partial charge on any atom is 0.108 e. The van der Waals surface area contributed by atoms with Gasteiger partial charge in [0.05, 0.1) is 6.04 Å². The van der Waals surface area contributed by atoms with Crippen LogP contribution in [0, 0.1) is 0 Å². The van der Waals surface area contributed by atoms with Crippen LogP contribution in [0.1, 0.15) is 29.7 Å². The van der Waals surface area contributed by atoms with Gasteiger partial charge in [0, 0.05) is 10.6 Å². The van der Waals surface area contributed by atoms with Crippen LogP contribution in [0.4, 0.5) is 0 Å². The molecule has 3 rings (SSSR count). The molecule has 104 valence electrons. The van der Waals surface area contributed by atoms with E-state index in [2.05, 4.69) is 17.4 Å². The summed E-state index contributed by atoms with van der Waals surface area (Å²) in [5.41, 5.74) is 2.16. The molecular formula is C17H18ClNO. The van der Waals surface area contributed by atoms with Crippen LogP contribution in [0.2, 0.25) is 5.02 Å². The van der Waals surface area contributed by atoms with E-state index in [1.807, 2.05) is 43.3 Å². The summed E-state index contributed by atoms with van der Waals surface area (Å²) in [5.74, 6) is 0. The lowest BCUT2D eigenvalue weighted by molar-refractivity contribution is 0.0119. The largest absolute Gasteiger partial charge is 0.383 e. The number of nitrogens with one attached hydrogen (secondary N) is 1. The smallest absolute Gasteiger partial charge is 0.108 e. The molecule has 2 unspecified atom stereocenters. The number of aliphatic hydroxyl groups is 1. The van der Waals surface area contributed by atoms with E-state index in [1.54, 1.807) is 0 Å². The molecule has 1 aliphatic rings. The summed E-state index contributed by atoms with van der Waals surface area (Å²) in [6, 6.07) is 15.6. The van der Waals surface area contributed by atoms with Crippen LogP contribution in [0.25, 0.3) is 0 Å². The van der Waals surface area contributed by atoms with E-state index in [-0.39, 0.29) is 6.04 Å². The van der Waals surface area contributed by atoms with Crippen LogP contribution in [0.15, 0.2) is 48.5 Å². The first-order valence-corrected chi connectivity index (χ1v) is 7.27. The van der Waals surface area contributed by atoms with Gasteiger partial charge >= 0.3 is 0 Å².